The van der Waals surface area contributed by atoms with Gasteiger partial charge in [0.05, 0.1) is 26.7 Å². The molecular formula is C17H23NO5. The fourth-order valence-corrected chi connectivity index (χ4v) is 1.79. The molecule has 0 unspecified atom stereocenters. The van der Waals surface area contributed by atoms with Crippen LogP contribution in [0.15, 0.2) is 24.3 Å². The molecule has 126 valence electrons. The van der Waals surface area contributed by atoms with E-state index in [9.17, 15) is 9.59 Å². The number of hydrogen-bond donors (Lipinski definition) is 1. The summed E-state index contributed by atoms with van der Waals surface area (Å²) in [6, 6.07) is 5.46. The highest BCUT2D eigenvalue weighted by molar-refractivity contribution is 5.92. The first-order chi connectivity index (χ1) is 11.1. The molecule has 0 aliphatic carbocycles. The van der Waals surface area contributed by atoms with Crippen LogP contribution in [0.3, 0.4) is 0 Å². The number of amides is 1. The van der Waals surface area contributed by atoms with Crippen molar-refractivity contribution in [3.63, 3.8) is 0 Å². The van der Waals surface area contributed by atoms with Crippen LogP contribution in [0.1, 0.15) is 25.8 Å². The lowest BCUT2D eigenvalue weighted by atomic mass is 10.2. The third kappa shape index (κ3) is 6.86. The van der Waals surface area contributed by atoms with Crippen molar-refractivity contribution in [2.75, 3.05) is 26.9 Å². The maximum atomic E-state index is 11.7. The van der Waals surface area contributed by atoms with Crippen LogP contribution in [0, 0.1) is 0 Å². The SMILES string of the molecule is CCOc1ccc(/C=C/C(=O)NCCC(=O)OC)cc1OCC. The Kier molecular flexibility index (Phi) is 8.28. The smallest absolute Gasteiger partial charge is 0.307 e. The summed E-state index contributed by atoms with van der Waals surface area (Å²) in [5.41, 5.74) is 0.819. The van der Waals surface area contributed by atoms with Crippen molar-refractivity contribution < 1.29 is 23.8 Å². The van der Waals surface area contributed by atoms with Crippen molar-refractivity contribution in [2.45, 2.75) is 20.3 Å². The molecule has 1 N–H and O–H groups in total. The molecule has 0 aliphatic heterocycles. The second kappa shape index (κ2) is 10.3. The summed E-state index contributed by atoms with van der Waals surface area (Å²) in [5, 5.41) is 2.61. The lowest BCUT2D eigenvalue weighted by Gasteiger charge is -2.11. The van der Waals surface area contributed by atoms with Gasteiger partial charge in [0.2, 0.25) is 5.91 Å². The molecule has 0 fully saturated rings. The van der Waals surface area contributed by atoms with E-state index in [1.807, 2.05) is 32.0 Å². The van der Waals surface area contributed by atoms with E-state index < -0.39 is 0 Å². The molecule has 1 aromatic carbocycles. The normalized spacial score (nSPS) is 10.4. The number of esters is 1. The lowest BCUT2D eigenvalue weighted by Crippen LogP contribution is -2.24. The summed E-state index contributed by atoms with van der Waals surface area (Å²) < 4.78 is 15.5. The number of ether oxygens (including phenoxy) is 3. The number of carbonyl (C=O) groups excluding carboxylic acids is 2. The maximum absolute atomic E-state index is 11.7. The van der Waals surface area contributed by atoms with Crippen LogP contribution in [0.25, 0.3) is 6.08 Å². The molecule has 6 heteroatoms. The first-order valence-electron chi connectivity index (χ1n) is 7.53. The predicted octanol–water partition coefficient (Wildman–Crippen LogP) is 2.18. The van der Waals surface area contributed by atoms with Gasteiger partial charge in [0.25, 0.3) is 0 Å². The molecule has 0 bridgehead atoms. The van der Waals surface area contributed by atoms with Crippen molar-refractivity contribution in [3.8, 4) is 11.5 Å². The third-order valence-electron chi connectivity index (χ3n) is 2.85. The standard InChI is InChI=1S/C17H23NO5/c1-4-22-14-8-6-13(12-15(14)23-5-2)7-9-16(19)18-11-10-17(20)21-3/h6-9,12H,4-5,10-11H2,1-3H3,(H,18,19)/b9-7+. The predicted molar refractivity (Wildman–Crippen MR) is 87.5 cm³/mol. The number of hydrogen-bond acceptors (Lipinski definition) is 5. The fourth-order valence-electron chi connectivity index (χ4n) is 1.79. The summed E-state index contributed by atoms with van der Waals surface area (Å²) in [6.45, 7) is 5.12. The minimum Gasteiger partial charge on any atom is -0.490 e. The number of benzene rings is 1. The maximum Gasteiger partial charge on any atom is 0.307 e. The van der Waals surface area contributed by atoms with Gasteiger partial charge < -0.3 is 19.5 Å². The van der Waals surface area contributed by atoms with Crippen LogP contribution in [-0.2, 0) is 14.3 Å². The van der Waals surface area contributed by atoms with Crippen molar-refractivity contribution in [2.24, 2.45) is 0 Å². The highest BCUT2D eigenvalue weighted by Gasteiger charge is 2.05. The van der Waals surface area contributed by atoms with Crippen LogP contribution in [0.5, 0.6) is 11.5 Å². The van der Waals surface area contributed by atoms with Crippen LogP contribution in [0.4, 0.5) is 0 Å². The van der Waals surface area contributed by atoms with Crippen molar-refractivity contribution in [3.05, 3.63) is 29.8 Å². The molecule has 1 rings (SSSR count). The van der Waals surface area contributed by atoms with Gasteiger partial charge >= 0.3 is 5.97 Å². The van der Waals surface area contributed by atoms with Gasteiger partial charge in [-0.05, 0) is 37.6 Å². The summed E-state index contributed by atoms with van der Waals surface area (Å²) in [7, 11) is 1.31. The lowest BCUT2D eigenvalue weighted by molar-refractivity contribution is -0.140. The Balaban J connectivity index is 2.63. The van der Waals surface area contributed by atoms with E-state index in [1.54, 1.807) is 6.08 Å². The number of carbonyl (C=O) groups is 2. The van der Waals surface area contributed by atoms with Crippen LogP contribution >= 0.6 is 0 Å². The minimum absolute atomic E-state index is 0.146. The Hall–Kier alpha value is -2.50. The van der Waals surface area contributed by atoms with Crippen LogP contribution in [-0.4, -0.2) is 38.7 Å². The topological polar surface area (TPSA) is 73.9 Å². The van der Waals surface area contributed by atoms with E-state index in [4.69, 9.17) is 9.47 Å². The van der Waals surface area contributed by atoms with Gasteiger partial charge in [-0.15, -0.1) is 0 Å². The summed E-state index contributed by atoms with van der Waals surface area (Å²) >= 11 is 0. The Morgan fingerprint density at radius 1 is 1.13 bits per heavy atom. The highest BCUT2D eigenvalue weighted by Crippen LogP contribution is 2.28. The van der Waals surface area contributed by atoms with Crippen molar-refractivity contribution >= 4 is 18.0 Å². The molecule has 0 saturated heterocycles. The number of rotatable bonds is 9. The van der Waals surface area contributed by atoms with E-state index >= 15 is 0 Å². The van der Waals surface area contributed by atoms with Gasteiger partial charge in [-0.3, -0.25) is 9.59 Å². The summed E-state index contributed by atoms with van der Waals surface area (Å²) in [5.74, 6) is 0.680. The average molecular weight is 321 g/mol. The molecule has 0 heterocycles. The molecule has 0 aromatic heterocycles. The number of nitrogens with one attached hydrogen (secondary N) is 1. The van der Waals surface area contributed by atoms with E-state index in [0.717, 1.165) is 5.56 Å². The molecule has 0 spiro atoms. The van der Waals surface area contributed by atoms with Gasteiger partial charge in [0.1, 0.15) is 0 Å². The molecule has 6 nitrogen and oxygen atoms in total. The van der Waals surface area contributed by atoms with Gasteiger partial charge in [-0.1, -0.05) is 6.07 Å². The van der Waals surface area contributed by atoms with Gasteiger partial charge in [0.15, 0.2) is 11.5 Å². The van der Waals surface area contributed by atoms with Gasteiger partial charge in [-0.2, -0.15) is 0 Å². The van der Waals surface area contributed by atoms with E-state index in [-0.39, 0.29) is 24.8 Å². The van der Waals surface area contributed by atoms with E-state index in [2.05, 4.69) is 10.1 Å². The zero-order chi connectivity index (χ0) is 17.1. The summed E-state index contributed by atoms with van der Waals surface area (Å²) in [4.78, 5) is 22.6. The van der Waals surface area contributed by atoms with E-state index in [0.29, 0.717) is 24.7 Å². The third-order valence-corrected chi connectivity index (χ3v) is 2.85. The van der Waals surface area contributed by atoms with Crippen molar-refractivity contribution in [1.82, 2.24) is 5.32 Å². The number of methoxy groups -OCH3 is 1. The second-order valence-electron chi connectivity index (χ2n) is 4.52. The van der Waals surface area contributed by atoms with Crippen molar-refractivity contribution in [1.29, 1.82) is 0 Å². The van der Waals surface area contributed by atoms with Crippen LogP contribution < -0.4 is 14.8 Å². The molecule has 1 aromatic rings. The van der Waals surface area contributed by atoms with Gasteiger partial charge in [0, 0.05) is 12.6 Å². The molecule has 1 amide bonds. The van der Waals surface area contributed by atoms with Crippen LogP contribution in [0.2, 0.25) is 0 Å². The quantitative estimate of drug-likeness (QED) is 0.557. The molecule has 23 heavy (non-hydrogen) atoms. The Bertz CT molecular complexity index is 554. The molecular weight excluding hydrogens is 298 g/mol. The molecule has 0 atom stereocenters. The minimum atomic E-state index is -0.359. The monoisotopic (exact) mass is 321 g/mol. The first-order valence-corrected chi connectivity index (χ1v) is 7.53. The molecule has 0 aliphatic rings. The molecule has 0 radical (unpaired) electrons. The Morgan fingerprint density at radius 3 is 2.48 bits per heavy atom. The second-order valence-corrected chi connectivity index (χ2v) is 4.52. The zero-order valence-electron chi connectivity index (χ0n) is 13.8. The Labute approximate surface area is 136 Å². The average Bonchev–Trinajstić information content (AvgIpc) is 2.55. The Morgan fingerprint density at radius 2 is 1.83 bits per heavy atom. The largest absolute Gasteiger partial charge is 0.490 e. The fraction of sp³-hybridized carbons (Fsp3) is 0.412. The zero-order valence-corrected chi connectivity index (χ0v) is 13.8. The summed E-state index contributed by atoms with van der Waals surface area (Å²) in [6.07, 6.45) is 3.22. The molecule has 0 saturated carbocycles. The highest BCUT2D eigenvalue weighted by atomic mass is 16.5. The first kappa shape index (κ1) is 18.5. The van der Waals surface area contributed by atoms with E-state index in [1.165, 1.54) is 13.2 Å². The van der Waals surface area contributed by atoms with Gasteiger partial charge in [-0.25, -0.2) is 0 Å².